The summed E-state index contributed by atoms with van der Waals surface area (Å²) in [7, 11) is 2.64. The SMILES string of the molecule is C\C=C/C=C(\C=C\C(F)(F)F)c1c(Br)cc(/C=N\Nc2ncc(P)c(N3CCCOCC3)n2)c(CO)c1C. The number of hydrogen-bond acceptors (Lipinski definition) is 7. The van der Waals surface area contributed by atoms with E-state index in [9.17, 15) is 18.3 Å². The van der Waals surface area contributed by atoms with Crippen LogP contribution in [0.4, 0.5) is 24.9 Å². The molecule has 38 heavy (non-hydrogen) atoms. The Morgan fingerprint density at radius 2 is 2.13 bits per heavy atom. The van der Waals surface area contributed by atoms with Gasteiger partial charge < -0.3 is 14.7 Å². The maximum Gasteiger partial charge on any atom is 0.409 e. The summed E-state index contributed by atoms with van der Waals surface area (Å²) in [6.45, 7) is 6.09. The molecule has 0 aliphatic carbocycles. The van der Waals surface area contributed by atoms with E-state index in [4.69, 9.17) is 4.74 Å². The number of hydrazone groups is 1. The van der Waals surface area contributed by atoms with Gasteiger partial charge >= 0.3 is 6.18 Å². The molecule has 2 heterocycles. The molecule has 1 saturated heterocycles. The van der Waals surface area contributed by atoms with Crippen molar-refractivity contribution >= 4 is 54.0 Å². The van der Waals surface area contributed by atoms with Gasteiger partial charge in [-0.15, -0.1) is 0 Å². The minimum atomic E-state index is -4.45. The second-order valence-corrected chi connectivity index (χ2v) is 9.88. The first kappa shape index (κ1) is 30.0. The van der Waals surface area contributed by atoms with Gasteiger partial charge in [0.2, 0.25) is 5.95 Å². The zero-order valence-corrected chi connectivity index (χ0v) is 23.8. The van der Waals surface area contributed by atoms with Gasteiger partial charge in [-0.1, -0.05) is 43.4 Å². The van der Waals surface area contributed by atoms with Crippen LogP contribution in [-0.4, -0.2) is 53.8 Å². The zero-order valence-electron chi connectivity index (χ0n) is 21.1. The van der Waals surface area contributed by atoms with Crippen LogP contribution in [0.3, 0.4) is 0 Å². The summed E-state index contributed by atoms with van der Waals surface area (Å²) < 4.78 is 44.7. The topological polar surface area (TPSA) is 82.9 Å². The number of ether oxygens (including phenoxy) is 1. The number of hydrogen-bond donors (Lipinski definition) is 2. The molecule has 0 radical (unpaired) electrons. The smallest absolute Gasteiger partial charge is 0.392 e. The Kier molecular flexibility index (Phi) is 11.0. The molecular formula is C26H30BrF3N5O2P. The highest BCUT2D eigenvalue weighted by atomic mass is 79.9. The highest BCUT2D eigenvalue weighted by molar-refractivity contribution is 9.10. The average Bonchev–Trinajstić information content (AvgIpc) is 3.15. The van der Waals surface area contributed by atoms with Gasteiger partial charge in [0.1, 0.15) is 5.82 Å². The van der Waals surface area contributed by atoms with Gasteiger partial charge in [-0.3, -0.25) is 0 Å². The quantitative estimate of drug-likeness (QED) is 0.183. The largest absolute Gasteiger partial charge is 0.409 e. The van der Waals surface area contributed by atoms with Crippen molar-refractivity contribution in [3.8, 4) is 0 Å². The van der Waals surface area contributed by atoms with Crippen molar-refractivity contribution in [1.29, 1.82) is 0 Å². The molecule has 1 aromatic heterocycles. The number of benzene rings is 1. The molecule has 1 aliphatic rings. The van der Waals surface area contributed by atoms with Gasteiger partial charge in [-0.2, -0.15) is 23.3 Å². The number of nitrogens with zero attached hydrogens (tertiary/aromatic N) is 4. The van der Waals surface area contributed by atoms with Gasteiger partial charge in [-0.25, -0.2) is 10.4 Å². The number of halogens is 4. The number of nitrogens with one attached hydrogen (secondary N) is 1. The molecule has 1 unspecified atom stereocenters. The molecule has 0 saturated carbocycles. The van der Waals surface area contributed by atoms with Gasteiger partial charge in [0, 0.05) is 47.3 Å². The fourth-order valence-electron chi connectivity index (χ4n) is 3.93. The van der Waals surface area contributed by atoms with E-state index >= 15 is 0 Å². The Labute approximate surface area is 230 Å². The molecule has 1 aromatic carbocycles. The van der Waals surface area contributed by atoms with E-state index in [1.807, 2.05) is 0 Å². The predicted octanol–water partition coefficient (Wildman–Crippen LogP) is 5.29. The summed E-state index contributed by atoms with van der Waals surface area (Å²) in [5, 5.41) is 15.2. The number of aliphatic hydroxyl groups is 1. The molecule has 0 spiro atoms. The molecule has 2 aromatic rings. The first-order valence-corrected chi connectivity index (χ1v) is 13.3. The molecule has 7 nitrogen and oxygen atoms in total. The number of aliphatic hydroxyl groups excluding tert-OH is 1. The molecule has 204 valence electrons. The van der Waals surface area contributed by atoms with Crippen LogP contribution in [0.1, 0.15) is 35.6 Å². The fraction of sp³-hybridized carbons (Fsp3) is 0.346. The lowest BCUT2D eigenvalue weighted by Crippen LogP contribution is -2.30. The second-order valence-electron chi connectivity index (χ2n) is 8.40. The molecule has 12 heteroatoms. The lowest BCUT2D eigenvalue weighted by atomic mass is 9.92. The monoisotopic (exact) mass is 611 g/mol. The van der Waals surface area contributed by atoms with Crippen LogP contribution in [0.2, 0.25) is 0 Å². The third-order valence-electron chi connectivity index (χ3n) is 5.75. The second kappa shape index (κ2) is 14.0. The van der Waals surface area contributed by atoms with Crippen LogP contribution >= 0.6 is 25.2 Å². The lowest BCUT2D eigenvalue weighted by Gasteiger charge is -2.22. The predicted molar refractivity (Wildman–Crippen MR) is 153 cm³/mol. The lowest BCUT2D eigenvalue weighted by molar-refractivity contribution is -0.0797. The van der Waals surface area contributed by atoms with E-state index in [-0.39, 0.29) is 12.7 Å². The Bertz CT molecular complexity index is 1240. The summed E-state index contributed by atoms with van der Waals surface area (Å²) in [6, 6.07) is 1.71. The molecule has 1 atom stereocenters. The Balaban J connectivity index is 1.90. The molecule has 1 aliphatic heterocycles. The third kappa shape index (κ3) is 8.20. The van der Waals surface area contributed by atoms with Crippen LogP contribution in [0.5, 0.6) is 0 Å². The first-order chi connectivity index (χ1) is 18.1. The van der Waals surface area contributed by atoms with Gasteiger partial charge in [0.15, 0.2) is 0 Å². The van der Waals surface area contributed by atoms with Gasteiger partial charge in [0.25, 0.3) is 0 Å². The molecule has 2 N–H and O–H groups in total. The summed E-state index contributed by atoms with van der Waals surface area (Å²) in [4.78, 5) is 11.0. The van der Waals surface area contributed by atoms with Crippen LogP contribution in [0, 0.1) is 6.92 Å². The van der Waals surface area contributed by atoms with E-state index in [0.29, 0.717) is 44.9 Å². The number of alkyl halides is 3. The maximum atomic E-state index is 12.9. The van der Waals surface area contributed by atoms with Crippen LogP contribution < -0.4 is 15.6 Å². The summed E-state index contributed by atoms with van der Waals surface area (Å²) in [5.41, 5.74) is 5.47. The molecular weight excluding hydrogens is 582 g/mol. The van der Waals surface area contributed by atoms with Crippen LogP contribution in [0.15, 0.2) is 52.2 Å². The van der Waals surface area contributed by atoms with E-state index in [1.54, 1.807) is 44.3 Å². The standard InChI is InChI=1S/C26H30BrF3N5O2P/c1-3-4-6-18(7-8-26(28,29)30)23-17(2)20(16-36)19(13-21(23)27)14-32-34-25-31-15-22(38)24(33-25)35-9-5-11-37-12-10-35/h3-4,6-8,13-15,36H,5,9-12,16,38H2,1-2H3,(H,31,33,34)/b4-3-,8-7+,18-6+,32-14-. The Morgan fingerprint density at radius 3 is 2.84 bits per heavy atom. The summed E-state index contributed by atoms with van der Waals surface area (Å²) in [6.07, 6.45) is 5.85. The minimum Gasteiger partial charge on any atom is -0.392 e. The van der Waals surface area contributed by atoms with Crippen LogP contribution in [-0.2, 0) is 11.3 Å². The van der Waals surface area contributed by atoms with Crippen molar-refractivity contribution in [2.45, 2.75) is 33.1 Å². The molecule has 0 amide bonds. The number of rotatable bonds is 8. The van der Waals surface area contributed by atoms with Crippen molar-refractivity contribution in [1.82, 2.24) is 9.97 Å². The summed E-state index contributed by atoms with van der Waals surface area (Å²) in [5.74, 6) is 1.08. The third-order valence-corrected chi connectivity index (χ3v) is 6.78. The summed E-state index contributed by atoms with van der Waals surface area (Å²) >= 11 is 3.49. The fourth-order valence-corrected chi connectivity index (χ4v) is 5.03. The Hall–Kier alpha value is -2.59. The maximum absolute atomic E-state index is 12.9. The van der Waals surface area contributed by atoms with Gasteiger partial charge in [-0.05, 0) is 54.7 Å². The van der Waals surface area contributed by atoms with Crippen LogP contribution in [0.25, 0.3) is 5.57 Å². The molecule has 0 bridgehead atoms. The molecule has 3 rings (SSSR count). The number of aromatic nitrogens is 2. The van der Waals surface area contributed by atoms with Crippen molar-refractivity contribution in [3.05, 3.63) is 69.4 Å². The number of allylic oxidation sites excluding steroid dienone is 6. The zero-order chi connectivity index (χ0) is 27.7. The van der Waals surface area contributed by atoms with Crippen molar-refractivity contribution in [2.75, 3.05) is 36.6 Å². The normalized spacial score (nSPS) is 15.7. The van der Waals surface area contributed by atoms with Crippen molar-refractivity contribution in [2.24, 2.45) is 5.10 Å². The highest BCUT2D eigenvalue weighted by Gasteiger charge is 2.23. The highest BCUT2D eigenvalue weighted by Crippen LogP contribution is 2.34. The van der Waals surface area contributed by atoms with E-state index in [1.165, 1.54) is 6.21 Å². The van der Waals surface area contributed by atoms with Crippen molar-refractivity contribution in [3.63, 3.8) is 0 Å². The van der Waals surface area contributed by atoms with E-state index < -0.39 is 6.18 Å². The minimum absolute atomic E-state index is 0.194. The number of anilines is 2. The van der Waals surface area contributed by atoms with Gasteiger partial charge in [0.05, 0.1) is 19.4 Å². The average molecular weight is 612 g/mol. The Morgan fingerprint density at radius 1 is 1.34 bits per heavy atom. The van der Waals surface area contributed by atoms with Crippen molar-refractivity contribution < 1.29 is 23.0 Å². The first-order valence-electron chi connectivity index (χ1n) is 11.9. The van der Waals surface area contributed by atoms with E-state index in [2.05, 4.69) is 50.6 Å². The van der Waals surface area contributed by atoms with E-state index in [0.717, 1.165) is 43.3 Å². The molecule has 1 fully saturated rings.